The summed E-state index contributed by atoms with van der Waals surface area (Å²) in [5, 5.41) is 10.6. The molecule has 0 bridgehead atoms. The van der Waals surface area contributed by atoms with Gasteiger partial charge in [-0.05, 0) is 30.3 Å². The molecular weight excluding hydrogens is 220 g/mol. The Morgan fingerprint density at radius 1 is 1.18 bits per heavy atom. The zero-order valence-corrected chi connectivity index (χ0v) is 8.92. The molecule has 3 rings (SSSR count). The maximum atomic E-state index is 11.5. The Labute approximate surface area is 97.2 Å². The van der Waals surface area contributed by atoms with Gasteiger partial charge in [-0.1, -0.05) is 0 Å². The van der Waals surface area contributed by atoms with Crippen LogP contribution < -0.4 is 0 Å². The number of furan rings is 2. The number of ketones is 1. The van der Waals surface area contributed by atoms with Crippen LogP contribution in [0.15, 0.2) is 51.7 Å². The van der Waals surface area contributed by atoms with Gasteiger partial charge in [0.25, 0.3) is 0 Å². The minimum absolute atomic E-state index is 0.0173. The smallest absolute Gasteiger partial charge is 0.159 e. The molecule has 0 spiro atoms. The zero-order chi connectivity index (χ0) is 11.9. The van der Waals surface area contributed by atoms with Crippen LogP contribution >= 0.6 is 0 Å². The molecule has 0 saturated heterocycles. The van der Waals surface area contributed by atoms with Crippen molar-refractivity contribution in [2.75, 3.05) is 0 Å². The Bertz CT molecular complexity index is 563. The average Bonchev–Trinajstić information content (AvgIpc) is 2.97. The van der Waals surface area contributed by atoms with Gasteiger partial charge in [-0.2, -0.15) is 0 Å². The lowest BCUT2D eigenvalue weighted by molar-refractivity contribution is -0.116. The van der Waals surface area contributed by atoms with Crippen molar-refractivity contribution in [3.8, 4) is 0 Å². The van der Waals surface area contributed by atoms with E-state index in [-0.39, 0.29) is 12.2 Å². The van der Waals surface area contributed by atoms with E-state index < -0.39 is 5.60 Å². The molecule has 1 N–H and O–H groups in total. The second-order valence-electron chi connectivity index (χ2n) is 4.02. The molecule has 0 saturated carbocycles. The van der Waals surface area contributed by atoms with Gasteiger partial charge in [-0.25, -0.2) is 0 Å². The molecule has 1 atom stereocenters. The summed E-state index contributed by atoms with van der Waals surface area (Å²) in [5.74, 6) is 0.691. The van der Waals surface area contributed by atoms with Crippen LogP contribution in [0, 0.1) is 0 Å². The fourth-order valence-corrected chi connectivity index (χ4v) is 2.12. The SMILES string of the molecule is O=C1C=C(c2ccco2)C(O)(c2ccco2)C1. The van der Waals surface area contributed by atoms with E-state index in [1.54, 1.807) is 24.3 Å². The maximum Gasteiger partial charge on any atom is 0.159 e. The molecule has 4 heteroatoms. The third-order valence-electron chi connectivity index (χ3n) is 2.90. The summed E-state index contributed by atoms with van der Waals surface area (Å²) in [4.78, 5) is 11.5. The van der Waals surface area contributed by atoms with Crippen molar-refractivity contribution in [1.29, 1.82) is 0 Å². The Morgan fingerprint density at radius 3 is 2.59 bits per heavy atom. The highest BCUT2D eigenvalue weighted by atomic mass is 16.4. The number of hydrogen-bond donors (Lipinski definition) is 1. The Kier molecular flexibility index (Phi) is 2.06. The molecule has 2 aromatic rings. The van der Waals surface area contributed by atoms with Gasteiger partial charge in [0, 0.05) is 5.57 Å². The predicted octanol–water partition coefficient (Wildman–Crippen LogP) is 2.12. The molecule has 17 heavy (non-hydrogen) atoms. The summed E-state index contributed by atoms with van der Waals surface area (Å²) in [6.45, 7) is 0. The van der Waals surface area contributed by atoms with Gasteiger partial charge in [-0.15, -0.1) is 0 Å². The highest BCUT2D eigenvalue weighted by molar-refractivity contribution is 6.04. The molecule has 0 aliphatic heterocycles. The van der Waals surface area contributed by atoms with Gasteiger partial charge in [0.2, 0.25) is 0 Å². The molecule has 0 fully saturated rings. The number of rotatable bonds is 2. The molecule has 4 nitrogen and oxygen atoms in total. The third-order valence-corrected chi connectivity index (χ3v) is 2.90. The van der Waals surface area contributed by atoms with E-state index in [1.165, 1.54) is 18.6 Å². The van der Waals surface area contributed by atoms with Crippen molar-refractivity contribution in [3.63, 3.8) is 0 Å². The molecular formula is C13H10O4. The van der Waals surface area contributed by atoms with Gasteiger partial charge in [-0.3, -0.25) is 4.79 Å². The standard InChI is InChI=1S/C13H10O4/c14-9-7-10(11-3-1-5-16-11)13(15,8-9)12-4-2-6-17-12/h1-7,15H,8H2. The minimum Gasteiger partial charge on any atom is -0.466 e. The number of carbonyl (C=O) groups is 1. The van der Waals surface area contributed by atoms with E-state index in [2.05, 4.69) is 0 Å². The number of hydrogen-bond acceptors (Lipinski definition) is 4. The lowest BCUT2D eigenvalue weighted by atomic mass is 9.91. The second-order valence-corrected chi connectivity index (χ2v) is 4.02. The van der Waals surface area contributed by atoms with Gasteiger partial charge in [0.05, 0.1) is 18.9 Å². The van der Waals surface area contributed by atoms with Crippen LogP contribution in [0.1, 0.15) is 17.9 Å². The molecule has 2 heterocycles. The van der Waals surface area contributed by atoms with Crippen LogP contribution in [-0.2, 0) is 10.4 Å². The van der Waals surface area contributed by atoms with Gasteiger partial charge >= 0.3 is 0 Å². The summed E-state index contributed by atoms with van der Waals surface area (Å²) < 4.78 is 10.4. The fraction of sp³-hybridized carbons (Fsp3) is 0.154. The summed E-state index contributed by atoms with van der Waals surface area (Å²) in [5.41, 5.74) is -0.972. The van der Waals surface area contributed by atoms with Gasteiger partial charge in [0.1, 0.15) is 11.5 Å². The molecule has 1 aliphatic carbocycles. The summed E-state index contributed by atoms with van der Waals surface area (Å²) in [6.07, 6.45) is 4.36. The first kappa shape index (κ1) is 10.1. The first-order valence-electron chi connectivity index (χ1n) is 5.25. The van der Waals surface area contributed by atoms with Crippen LogP contribution in [0.4, 0.5) is 0 Å². The monoisotopic (exact) mass is 230 g/mol. The molecule has 0 aromatic carbocycles. The van der Waals surface area contributed by atoms with Crippen molar-refractivity contribution in [2.45, 2.75) is 12.0 Å². The van der Waals surface area contributed by atoms with Crippen molar-refractivity contribution in [3.05, 3.63) is 54.4 Å². The Morgan fingerprint density at radius 2 is 1.94 bits per heavy atom. The van der Waals surface area contributed by atoms with Crippen molar-refractivity contribution >= 4 is 11.4 Å². The molecule has 2 aromatic heterocycles. The number of aliphatic hydroxyl groups is 1. The van der Waals surface area contributed by atoms with E-state index in [1.807, 2.05) is 0 Å². The average molecular weight is 230 g/mol. The molecule has 86 valence electrons. The topological polar surface area (TPSA) is 63.6 Å². The van der Waals surface area contributed by atoms with Crippen LogP contribution in [0.3, 0.4) is 0 Å². The van der Waals surface area contributed by atoms with Crippen molar-refractivity contribution in [2.24, 2.45) is 0 Å². The molecule has 0 amide bonds. The van der Waals surface area contributed by atoms with E-state index >= 15 is 0 Å². The largest absolute Gasteiger partial charge is 0.466 e. The van der Waals surface area contributed by atoms with E-state index in [4.69, 9.17) is 8.83 Å². The summed E-state index contributed by atoms with van der Waals surface area (Å²) >= 11 is 0. The van der Waals surface area contributed by atoms with Crippen molar-refractivity contribution < 1.29 is 18.7 Å². The summed E-state index contributed by atoms with van der Waals surface area (Å²) in [6, 6.07) is 6.74. The Hall–Kier alpha value is -2.07. The maximum absolute atomic E-state index is 11.5. The molecule has 0 radical (unpaired) electrons. The highest BCUT2D eigenvalue weighted by Gasteiger charge is 2.44. The molecule has 1 aliphatic rings. The zero-order valence-electron chi connectivity index (χ0n) is 8.92. The second kappa shape index (κ2) is 3.46. The Balaban J connectivity index is 2.12. The van der Waals surface area contributed by atoms with Crippen LogP contribution in [0.5, 0.6) is 0 Å². The predicted molar refractivity (Wildman–Crippen MR) is 58.9 cm³/mol. The lowest BCUT2D eigenvalue weighted by Gasteiger charge is -2.21. The first-order chi connectivity index (χ1) is 8.20. The fourth-order valence-electron chi connectivity index (χ4n) is 2.12. The number of allylic oxidation sites excluding steroid dienone is 1. The van der Waals surface area contributed by atoms with Crippen LogP contribution in [-0.4, -0.2) is 10.9 Å². The molecule has 1 unspecified atom stereocenters. The third kappa shape index (κ3) is 1.45. The first-order valence-corrected chi connectivity index (χ1v) is 5.25. The quantitative estimate of drug-likeness (QED) is 0.858. The van der Waals surface area contributed by atoms with E-state index in [0.717, 1.165) is 0 Å². The van der Waals surface area contributed by atoms with Crippen LogP contribution in [0.2, 0.25) is 0 Å². The van der Waals surface area contributed by atoms with E-state index in [9.17, 15) is 9.90 Å². The lowest BCUT2D eigenvalue weighted by Crippen LogP contribution is -2.24. The highest BCUT2D eigenvalue weighted by Crippen LogP contribution is 2.43. The van der Waals surface area contributed by atoms with E-state index in [0.29, 0.717) is 17.1 Å². The minimum atomic E-state index is -1.42. The van der Waals surface area contributed by atoms with Crippen molar-refractivity contribution in [1.82, 2.24) is 0 Å². The van der Waals surface area contributed by atoms with Crippen LogP contribution in [0.25, 0.3) is 5.57 Å². The van der Waals surface area contributed by atoms with Gasteiger partial charge < -0.3 is 13.9 Å². The summed E-state index contributed by atoms with van der Waals surface area (Å²) in [7, 11) is 0. The number of carbonyl (C=O) groups excluding carboxylic acids is 1. The van der Waals surface area contributed by atoms with Gasteiger partial charge in [0.15, 0.2) is 11.4 Å². The normalized spacial score (nSPS) is 24.1.